The predicted molar refractivity (Wildman–Crippen MR) is 97.6 cm³/mol. The number of hydrogen-bond acceptors (Lipinski definition) is 4. The van der Waals surface area contributed by atoms with Gasteiger partial charge in [0.2, 0.25) is 5.91 Å². The van der Waals surface area contributed by atoms with Gasteiger partial charge in [0.25, 0.3) is 0 Å². The van der Waals surface area contributed by atoms with E-state index in [1.165, 1.54) is 12.8 Å². The van der Waals surface area contributed by atoms with Gasteiger partial charge in [-0.25, -0.2) is 0 Å². The van der Waals surface area contributed by atoms with Gasteiger partial charge in [0.1, 0.15) is 5.75 Å². The highest BCUT2D eigenvalue weighted by Gasteiger charge is 2.39. The molecule has 2 aliphatic rings. The fourth-order valence-electron chi connectivity index (χ4n) is 3.93. The molecular formula is C20H30N2O3. The zero-order valence-electron chi connectivity index (χ0n) is 15.2. The second-order valence-electron chi connectivity index (χ2n) is 7.28. The molecule has 1 heterocycles. The number of para-hydroxylation sites is 1. The average Bonchev–Trinajstić information content (AvgIpc) is 3.15. The van der Waals surface area contributed by atoms with Crippen LogP contribution in [0.3, 0.4) is 0 Å². The average molecular weight is 346 g/mol. The molecule has 0 bridgehead atoms. The third kappa shape index (κ3) is 4.53. The molecule has 0 atom stereocenters. The first-order valence-electron chi connectivity index (χ1n) is 9.46. The Morgan fingerprint density at radius 3 is 2.68 bits per heavy atom. The standard InChI is InChI=1S/C20H30N2O3/c1-24-15-20(10-12-21-13-11-20)19(23)22-14-16-6-2-5-9-18(16)25-17-7-3-4-8-17/h2,5-6,9,17,21H,3-4,7-8,10-15H2,1H3,(H,22,23). The van der Waals surface area contributed by atoms with Gasteiger partial charge in [0, 0.05) is 19.2 Å². The van der Waals surface area contributed by atoms with Crippen molar-refractivity contribution in [1.29, 1.82) is 0 Å². The maximum atomic E-state index is 12.9. The van der Waals surface area contributed by atoms with E-state index < -0.39 is 5.41 Å². The van der Waals surface area contributed by atoms with E-state index in [0.29, 0.717) is 19.3 Å². The van der Waals surface area contributed by atoms with Crippen LogP contribution in [0.15, 0.2) is 24.3 Å². The number of nitrogens with one attached hydrogen (secondary N) is 2. The minimum Gasteiger partial charge on any atom is -0.490 e. The van der Waals surface area contributed by atoms with Crippen LogP contribution in [-0.2, 0) is 16.1 Å². The molecule has 1 aliphatic carbocycles. The molecule has 0 spiro atoms. The minimum absolute atomic E-state index is 0.0894. The highest BCUT2D eigenvalue weighted by atomic mass is 16.5. The van der Waals surface area contributed by atoms with Crippen molar-refractivity contribution < 1.29 is 14.3 Å². The number of piperidine rings is 1. The van der Waals surface area contributed by atoms with Gasteiger partial charge in [-0.3, -0.25) is 4.79 Å². The summed E-state index contributed by atoms with van der Waals surface area (Å²) in [6.07, 6.45) is 6.70. The Morgan fingerprint density at radius 2 is 1.96 bits per heavy atom. The van der Waals surface area contributed by atoms with Crippen LogP contribution < -0.4 is 15.4 Å². The van der Waals surface area contributed by atoms with Crippen molar-refractivity contribution in [2.75, 3.05) is 26.8 Å². The van der Waals surface area contributed by atoms with Crippen molar-refractivity contribution in [3.8, 4) is 5.75 Å². The van der Waals surface area contributed by atoms with Crippen molar-refractivity contribution in [1.82, 2.24) is 10.6 Å². The van der Waals surface area contributed by atoms with Crippen LogP contribution in [0, 0.1) is 5.41 Å². The molecule has 1 aromatic rings. The van der Waals surface area contributed by atoms with Gasteiger partial charge >= 0.3 is 0 Å². The Labute approximate surface area is 150 Å². The van der Waals surface area contributed by atoms with Crippen molar-refractivity contribution in [2.45, 2.75) is 51.2 Å². The first kappa shape index (κ1) is 18.2. The van der Waals surface area contributed by atoms with E-state index in [0.717, 1.165) is 50.1 Å². The molecule has 1 saturated heterocycles. The largest absolute Gasteiger partial charge is 0.490 e. The van der Waals surface area contributed by atoms with Crippen LogP contribution >= 0.6 is 0 Å². The minimum atomic E-state index is -0.415. The quantitative estimate of drug-likeness (QED) is 0.797. The molecule has 25 heavy (non-hydrogen) atoms. The Kier molecular flexibility index (Phi) is 6.32. The summed E-state index contributed by atoms with van der Waals surface area (Å²) in [5.41, 5.74) is 0.630. The summed E-state index contributed by atoms with van der Waals surface area (Å²) in [6, 6.07) is 8.04. The van der Waals surface area contributed by atoms with Gasteiger partial charge in [-0.15, -0.1) is 0 Å². The second-order valence-corrected chi connectivity index (χ2v) is 7.28. The third-order valence-corrected chi connectivity index (χ3v) is 5.47. The zero-order chi connectivity index (χ0) is 17.5. The summed E-state index contributed by atoms with van der Waals surface area (Å²) in [6.45, 7) is 2.69. The van der Waals surface area contributed by atoms with Crippen LogP contribution in [0.25, 0.3) is 0 Å². The first-order chi connectivity index (χ1) is 12.2. The summed E-state index contributed by atoms with van der Waals surface area (Å²) in [7, 11) is 1.67. The normalized spacial score (nSPS) is 20.4. The third-order valence-electron chi connectivity index (χ3n) is 5.47. The molecule has 2 N–H and O–H groups in total. The maximum Gasteiger partial charge on any atom is 0.228 e. The van der Waals surface area contributed by atoms with Crippen LogP contribution in [-0.4, -0.2) is 38.8 Å². The van der Waals surface area contributed by atoms with E-state index in [9.17, 15) is 4.79 Å². The molecule has 5 nitrogen and oxygen atoms in total. The van der Waals surface area contributed by atoms with Crippen LogP contribution in [0.1, 0.15) is 44.1 Å². The molecule has 0 radical (unpaired) electrons. The summed E-state index contributed by atoms with van der Waals surface area (Å²) < 4.78 is 11.5. The van der Waals surface area contributed by atoms with Gasteiger partial charge in [-0.2, -0.15) is 0 Å². The number of methoxy groups -OCH3 is 1. The van der Waals surface area contributed by atoms with Gasteiger partial charge in [0.05, 0.1) is 18.1 Å². The SMILES string of the molecule is COCC1(C(=O)NCc2ccccc2OC2CCCC2)CCNCC1. The molecule has 1 aromatic carbocycles. The molecule has 3 rings (SSSR count). The molecule has 1 aliphatic heterocycles. The second kappa shape index (κ2) is 8.68. The van der Waals surface area contributed by atoms with E-state index in [1.807, 2.05) is 24.3 Å². The smallest absolute Gasteiger partial charge is 0.228 e. The lowest BCUT2D eigenvalue weighted by atomic mass is 9.78. The van der Waals surface area contributed by atoms with E-state index in [4.69, 9.17) is 9.47 Å². The summed E-state index contributed by atoms with van der Waals surface area (Å²) in [5.74, 6) is 0.993. The van der Waals surface area contributed by atoms with Crippen molar-refractivity contribution in [3.63, 3.8) is 0 Å². The highest BCUT2D eigenvalue weighted by Crippen LogP contribution is 2.30. The number of benzene rings is 1. The Bertz CT molecular complexity index is 558. The lowest BCUT2D eigenvalue weighted by Crippen LogP contribution is -2.50. The zero-order valence-corrected chi connectivity index (χ0v) is 15.2. The van der Waals surface area contributed by atoms with Crippen molar-refractivity contribution in [3.05, 3.63) is 29.8 Å². The van der Waals surface area contributed by atoms with Gasteiger partial charge in [0.15, 0.2) is 0 Å². The Morgan fingerprint density at radius 1 is 1.24 bits per heavy atom. The number of hydrogen-bond donors (Lipinski definition) is 2. The molecule has 2 fully saturated rings. The number of carbonyl (C=O) groups excluding carboxylic acids is 1. The van der Waals surface area contributed by atoms with E-state index >= 15 is 0 Å². The molecular weight excluding hydrogens is 316 g/mol. The topological polar surface area (TPSA) is 59.6 Å². The molecule has 1 amide bonds. The molecule has 0 aromatic heterocycles. The Hall–Kier alpha value is -1.59. The fraction of sp³-hybridized carbons (Fsp3) is 0.650. The van der Waals surface area contributed by atoms with Crippen LogP contribution in [0.5, 0.6) is 5.75 Å². The monoisotopic (exact) mass is 346 g/mol. The fourth-order valence-corrected chi connectivity index (χ4v) is 3.93. The number of rotatable bonds is 7. The number of ether oxygens (including phenoxy) is 2. The van der Waals surface area contributed by atoms with Crippen LogP contribution in [0.4, 0.5) is 0 Å². The Balaban J connectivity index is 1.63. The molecule has 138 valence electrons. The number of amides is 1. The lowest BCUT2D eigenvalue weighted by molar-refractivity contribution is -0.136. The van der Waals surface area contributed by atoms with E-state index in [2.05, 4.69) is 10.6 Å². The number of carbonyl (C=O) groups is 1. The van der Waals surface area contributed by atoms with E-state index in [1.54, 1.807) is 7.11 Å². The summed E-state index contributed by atoms with van der Waals surface area (Å²) in [4.78, 5) is 12.9. The molecule has 0 unspecified atom stereocenters. The molecule has 5 heteroatoms. The summed E-state index contributed by atoms with van der Waals surface area (Å²) >= 11 is 0. The van der Waals surface area contributed by atoms with Gasteiger partial charge < -0.3 is 20.1 Å². The van der Waals surface area contributed by atoms with Crippen molar-refractivity contribution >= 4 is 5.91 Å². The van der Waals surface area contributed by atoms with Gasteiger partial charge in [-0.1, -0.05) is 18.2 Å². The van der Waals surface area contributed by atoms with Crippen molar-refractivity contribution in [2.24, 2.45) is 5.41 Å². The highest BCUT2D eigenvalue weighted by molar-refractivity contribution is 5.83. The van der Waals surface area contributed by atoms with Gasteiger partial charge in [-0.05, 0) is 57.7 Å². The first-order valence-corrected chi connectivity index (χ1v) is 9.46. The van der Waals surface area contributed by atoms with Crippen LogP contribution in [0.2, 0.25) is 0 Å². The molecule has 1 saturated carbocycles. The lowest BCUT2D eigenvalue weighted by Gasteiger charge is -2.35. The van der Waals surface area contributed by atoms with E-state index in [-0.39, 0.29) is 5.91 Å². The predicted octanol–water partition coefficient (Wildman–Crippen LogP) is 2.64. The summed E-state index contributed by atoms with van der Waals surface area (Å²) in [5, 5.41) is 6.45. The maximum absolute atomic E-state index is 12.9.